The van der Waals surface area contributed by atoms with E-state index in [2.05, 4.69) is 33.5 Å². The van der Waals surface area contributed by atoms with Crippen molar-refractivity contribution >= 4 is 16.3 Å². The van der Waals surface area contributed by atoms with Crippen molar-refractivity contribution in [2.75, 3.05) is 13.1 Å². The highest BCUT2D eigenvalue weighted by atomic mass is 32.1. The van der Waals surface area contributed by atoms with Crippen LogP contribution in [0.15, 0.2) is 29.6 Å². The Morgan fingerprint density at radius 2 is 2.08 bits per heavy atom. The van der Waals surface area contributed by atoms with Gasteiger partial charge in [-0.1, -0.05) is 18.2 Å². The van der Waals surface area contributed by atoms with Crippen LogP contribution in [0.25, 0.3) is 4.96 Å². The first-order valence-electron chi connectivity index (χ1n) is 8.11. The van der Waals surface area contributed by atoms with E-state index in [1.54, 1.807) is 23.5 Å². The number of halogens is 1. The van der Waals surface area contributed by atoms with Crippen LogP contribution in [0.1, 0.15) is 22.6 Å². The minimum absolute atomic E-state index is 0.178. The summed E-state index contributed by atoms with van der Waals surface area (Å²) < 4.78 is 21.7. The van der Waals surface area contributed by atoms with Crippen molar-refractivity contribution < 1.29 is 9.13 Å². The SMILES string of the molecule is Cc1nc2scc(C)n2c1CN1CC(OCc2ccccc2F)C1. The number of imidazole rings is 1. The number of fused-ring (bicyclic) bond motifs is 1. The van der Waals surface area contributed by atoms with Gasteiger partial charge in [-0.15, -0.1) is 11.3 Å². The molecule has 0 amide bonds. The first-order valence-corrected chi connectivity index (χ1v) is 8.99. The molecule has 0 unspecified atom stereocenters. The molecular formula is C18H20FN3OS. The minimum atomic E-state index is -0.195. The normalized spacial score (nSPS) is 16.0. The van der Waals surface area contributed by atoms with Crippen LogP contribution in [0.4, 0.5) is 4.39 Å². The molecule has 0 bridgehead atoms. The van der Waals surface area contributed by atoms with Gasteiger partial charge >= 0.3 is 0 Å². The van der Waals surface area contributed by atoms with Crippen LogP contribution in [0.5, 0.6) is 0 Å². The van der Waals surface area contributed by atoms with Gasteiger partial charge in [-0.2, -0.15) is 0 Å². The summed E-state index contributed by atoms with van der Waals surface area (Å²) in [5.74, 6) is -0.195. The number of aromatic nitrogens is 2. The lowest BCUT2D eigenvalue weighted by molar-refractivity contribution is -0.0670. The Morgan fingerprint density at radius 1 is 1.29 bits per heavy atom. The lowest BCUT2D eigenvalue weighted by Gasteiger charge is -2.38. The molecule has 0 aliphatic carbocycles. The van der Waals surface area contributed by atoms with Crippen LogP contribution in [-0.4, -0.2) is 33.5 Å². The molecule has 0 radical (unpaired) electrons. The van der Waals surface area contributed by atoms with Gasteiger partial charge in [-0.05, 0) is 19.9 Å². The van der Waals surface area contributed by atoms with Crippen LogP contribution in [0, 0.1) is 19.7 Å². The Kier molecular flexibility index (Phi) is 4.12. The fourth-order valence-corrected chi connectivity index (χ4v) is 4.08. The van der Waals surface area contributed by atoms with E-state index in [1.807, 2.05) is 6.07 Å². The van der Waals surface area contributed by atoms with Crippen molar-refractivity contribution in [3.63, 3.8) is 0 Å². The third-order valence-corrected chi connectivity index (χ3v) is 5.50. The number of thiazole rings is 1. The second-order valence-corrected chi connectivity index (χ2v) is 7.19. The summed E-state index contributed by atoms with van der Waals surface area (Å²) in [6, 6.07) is 6.79. The fourth-order valence-electron chi connectivity index (χ4n) is 3.15. The zero-order valence-corrected chi connectivity index (χ0v) is 14.6. The molecule has 126 valence electrons. The summed E-state index contributed by atoms with van der Waals surface area (Å²) in [5, 5.41) is 2.14. The quantitative estimate of drug-likeness (QED) is 0.708. The summed E-state index contributed by atoms with van der Waals surface area (Å²) in [6.07, 6.45) is 0.178. The minimum Gasteiger partial charge on any atom is -0.371 e. The number of benzene rings is 1. The number of hydrogen-bond acceptors (Lipinski definition) is 4. The summed E-state index contributed by atoms with van der Waals surface area (Å²) in [6.45, 7) is 7.16. The van der Waals surface area contributed by atoms with Gasteiger partial charge in [-0.25, -0.2) is 9.37 Å². The van der Waals surface area contributed by atoms with E-state index in [0.717, 1.165) is 30.3 Å². The van der Waals surface area contributed by atoms with Crippen LogP contribution in [-0.2, 0) is 17.9 Å². The van der Waals surface area contributed by atoms with Crippen LogP contribution >= 0.6 is 11.3 Å². The molecule has 24 heavy (non-hydrogen) atoms. The summed E-state index contributed by atoms with van der Waals surface area (Å²) >= 11 is 1.68. The van der Waals surface area contributed by atoms with Gasteiger partial charge in [0.2, 0.25) is 0 Å². The topological polar surface area (TPSA) is 29.8 Å². The number of aryl methyl sites for hydroxylation is 2. The van der Waals surface area contributed by atoms with E-state index in [1.165, 1.54) is 17.5 Å². The highest BCUT2D eigenvalue weighted by molar-refractivity contribution is 7.15. The number of likely N-dealkylation sites (tertiary alicyclic amines) is 1. The highest BCUT2D eigenvalue weighted by Gasteiger charge is 2.29. The first-order chi connectivity index (χ1) is 11.6. The average molecular weight is 345 g/mol. The molecular weight excluding hydrogens is 325 g/mol. The zero-order valence-electron chi connectivity index (χ0n) is 13.8. The monoisotopic (exact) mass is 345 g/mol. The second kappa shape index (κ2) is 6.27. The van der Waals surface area contributed by atoms with E-state index >= 15 is 0 Å². The molecule has 1 aliphatic rings. The molecule has 6 heteroatoms. The van der Waals surface area contributed by atoms with Crippen molar-refractivity contribution in [2.24, 2.45) is 0 Å². The van der Waals surface area contributed by atoms with Crippen LogP contribution in [0.3, 0.4) is 0 Å². The van der Waals surface area contributed by atoms with E-state index in [0.29, 0.717) is 12.2 Å². The molecule has 0 saturated carbocycles. The zero-order chi connectivity index (χ0) is 16.7. The van der Waals surface area contributed by atoms with Gasteiger partial charge in [-0.3, -0.25) is 9.30 Å². The smallest absolute Gasteiger partial charge is 0.194 e. The van der Waals surface area contributed by atoms with Gasteiger partial charge < -0.3 is 4.74 Å². The van der Waals surface area contributed by atoms with Gasteiger partial charge in [0.05, 0.1) is 24.1 Å². The van der Waals surface area contributed by atoms with E-state index in [9.17, 15) is 4.39 Å². The average Bonchev–Trinajstić information content (AvgIpc) is 3.03. The molecule has 1 saturated heterocycles. The van der Waals surface area contributed by atoms with Crippen LogP contribution < -0.4 is 0 Å². The molecule has 0 N–H and O–H groups in total. The first kappa shape index (κ1) is 15.7. The second-order valence-electron chi connectivity index (χ2n) is 6.36. The van der Waals surface area contributed by atoms with E-state index in [4.69, 9.17) is 4.74 Å². The maximum absolute atomic E-state index is 13.6. The molecule has 1 aliphatic heterocycles. The Balaban J connectivity index is 1.34. The third-order valence-electron chi connectivity index (χ3n) is 4.56. The van der Waals surface area contributed by atoms with Crippen molar-refractivity contribution in [1.82, 2.24) is 14.3 Å². The summed E-state index contributed by atoms with van der Waals surface area (Å²) in [7, 11) is 0. The standard InChI is InChI=1S/C18H20FN3OS/c1-12-11-24-18-20-13(2)17(22(12)18)9-21-7-15(8-21)23-10-14-5-3-4-6-16(14)19/h3-6,11,15H,7-10H2,1-2H3. The van der Waals surface area contributed by atoms with Crippen molar-refractivity contribution in [2.45, 2.75) is 33.1 Å². The fraction of sp³-hybridized carbons (Fsp3) is 0.389. The van der Waals surface area contributed by atoms with Crippen LogP contribution in [0.2, 0.25) is 0 Å². The lowest BCUT2D eigenvalue weighted by Crippen LogP contribution is -2.51. The molecule has 0 spiro atoms. The maximum Gasteiger partial charge on any atom is 0.194 e. The van der Waals surface area contributed by atoms with E-state index < -0.39 is 0 Å². The predicted molar refractivity (Wildman–Crippen MR) is 92.8 cm³/mol. The number of rotatable bonds is 5. The Hall–Kier alpha value is -1.76. The third kappa shape index (κ3) is 2.85. The lowest BCUT2D eigenvalue weighted by atomic mass is 10.1. The molecule has 4 rings (SSSR count). The number of hydrogen-bond donors (Lipinski definition) is 0. The molecule has 2 aromatic heterocycles. The van der Waals surface area contributed by atoms with Crippen molar-refractivity contribution in [3.8, 4) is 0 Å². The van der Waals surface area contributed by atoms with Gasteiger partial charge in [0.15, 0.2) is 4.96 Å². The molecule has 3 heterocycles. The van der Waals surface area contributed by atoms with Gasteiger partial charge in [0, 0.05) is 36.3 Å². The molecule has 1 fully saturated rings. The van der Waals surface area contributed by atoms with Gasteiger partial charge in [0.1, 0.15) is 5.82 Å². The molecule has 3 aromatic rings. The largest absolute Gasteiger partial charge is 0.371 e. The summed E-state index contributed by atoms with van der Waals surface area (Å²) in [4.78, 5) is 8.04. The van der Waals surface area contributed by atoms with Crippen molar-refractivity contribution in [3.05, 3.63) is 58.1 Å². The molecule has 0 atom stereocenters. The van der Waals surface area contributed by atoms with Gasteiger partial charge in [0.25, 0.3) is 0 Å². The Bertz CT molecular complexity index is 866. The molecule has 4 nitrogen and oxygen atoms in total. The number of nitrogens with zero attached hydrogens (tertiary/aromatic N) is 3. The maximum atomic E-state index is 13.6. The molecule has 1 aromatic carbocycles. The Labute approximate surface area is 144 Å². The highest BCUT2D eigenvalue weighted by Crippen LogP contribution is 2.24. The van der Waals surface area contributed by atoms with E-state index in [-0.39, 0.29) is 11.9 Å². The van der Waals surface area contributed by atoms with Crippen molar-refractivity contribution in [1.29, 1.82) is 0 Å². The Morgan fingerprint density at radius 3 is 2.88 bits per heavy atom. The predicted octanol–water partition coefficient (Wildman–Crippen LogP) is 3.55. The number of ether oxygens (including phenoxy) is 1. The summed E-state index contributed by atoms with van der Waals surface area (Å²) in [5.41, 5.74) is 4.22.